The number of nitrogens with zero attached hydrogens (tertiary/aromatic N) is 1. The van der Waals surface area contributed by atoms with Gasteiger partial charge in [-0.3, -0.25) is 4.79 Å². The smallest absolute Gasteiger partial charge is 0.194 e. The molecule has 0 N–H and O–H groups in total. The molecule has 2 aromatic rings. The Morgan fingerprint density at radius 3 is 2.60 bits per heavy atom. The molecule has 20 heavy (non-hydrogen) atoms. The van der Waals surface area contributed by atoms with E-state index in [0.29, 0.717) is 16.2 Å². The van der Waals surface area contributed by atoms with Gasteiger partial charge in [0.1, 0.15) is 11.7 Å². The van der Waals surface area contributed by atoms with Crippen LogP contribution in [-0.4, -0.2) is 12.9 Å². The Morgan fingerprint density at radius 2 is 2.05 bits per heavy atom. The molecule has 1 aromatic heterocycles. The zero-order valence-electron chi connectivity index (χ0n) is 11.6. The lowest BCUT2D eigenvalue weighted by molar-refractivity contribution is 0.0981. The lowest BCUT2D eigenvalue weighted by Gasteiger charge is -2.13. The first-order chi connectivity index (χ1) is 9.56. The normalized spacial score (nSPS) is 11.7. The second-order valence-corrected chi connectivity index (χ2v) is 5.87. The number of ether oxygens (including phenoxy) is 1. The van der Waals surface area contributed by atoms with Crippen molar-refractivity contribution in [1.82, 2.24) is 0 Å². The molecule has 0 spiro atoms. The van der Waals surface area contributed by atoms with Crippen molar-refractivity contribution in [2.75, 3.05) is 7.11 Å². The van der Waals surface area contributed by atoms with Gasteiger partial charge in [0.25, 0.3) is 0 Å². The molecule has 1 aromatic carbocycles. The number of methoxy groups -OCH3 is 1. The summed E-state index contributed by atoms with van der Waals surface area (Å²) in [6.45, 7) is 3.87. The van der Waals surface area contributed by atoms with Gasteiger partial charge in [0.05, 0.1) is 18.1 Å². The van der Waals surface area contributed by atoms with E-state index in [2.05, 4.69) is 6.07 Å². The third kappa shape index (κ3) is 2.73. The summed E-state index contributed by atoms with van der Waals surface area (Å²) in [5.74, 6) is -0.429. The Labute approximate surface area is 122 Å². The monoisotopic (exact) mass is 285 g/mol. The number of rotatable bonds is 4. The minimum absolute atomic E-state index is 0.172. The van der Waals surface area contributed by atoms with Crippen LogP contribution < -0.4 is 4.74 Å². The lowest BCUT2D eigenvalue weighted by Crippen LogP contribution is -2.11. The maximum Gasteiger partial charge on any atom is 0.194 e. The van der Waals surface area contributed by atoms with Crippen molar-refractivity contribution in [1.29, 1.82) is 5.26 Å². The van der Waals surface area contributed by atoms with Gasteiger partial charge in [-0.1, -0.05) is 17.7 Å². The van der Waals surface area contributed by atoms with Gasteiger partial charge >= 0.3 is 0 Å². The minimum Gasteiger partial charge on any atom is -0.496 e. The number of carbonyl (C=O) groups excluding carboxylic acids is 1. The molecule has 1 unspecified atom stereocenters. The molecule has 3 nitrogen and oxygen atoms in total. The van der Waals surface area contributed by atoms with E-state index >= 15 is 0 Å². The van der Waals surface area contributed by atoms with Crippen LogP contribution >= 0.6 is 11.3 Å². The average molecular weight is 285 g/mol. The van der Waals surface area contributed by atoms with Crippen molar-refractivity contribution >= 4 is 17.1 Å². The fraction of sp³-hybridized carbons (Fsp3) is 0.250. The van der Waals surface area contributed by atoms with Gasteiger partial charge in [-0.2, -0.15) is 5.26 Å². The van der Waals surface area contributed by atoms with Crippen molar-refractivity contribution in [3.63, 3.8) is 0 Å². The molecular formula is C16H15NO2S. The number of benzene rings is 1. The number of Topliss-reactive ketones (excluding diaryl/α,β-unsaturated/α-hetero) is 1. The van der Waals surface area contributed by atoms with Crippen LogP contribution in [0.5, 0.6) is 5.75 Å². The standard InChI is InChI=1S/C16H15NO2S/c1-10-4-6-14(19-3)12(8-10)13(9-17)16(18)15-7-5-11(2)20-15/h4-8,13H,1-3H3. The van der Waals surface area contributed by atoms with E-state index in [0.717, 1.165) is 10.4 Å². The zero-order chi connectivity index (χ0) is 14.7. The molecule has 0 aliphatic carbocycles. The Kier molecular flexibility index (Phi) is 4.21. The molecule has 0 aliphatic rings. The van der Waals surface area contributed by atoms with E-state index in [4.69, 9.17) is 4.74 Å². The van der Waals surface area contributed by atoms with Crippen LogP contribution in [0.4, 0.5) is 0 Å². The highest BCUT2D eigenvalue weighted by molar-refractivity contribution is 7.14. The van der Waals surface area contributed by atoms with Crippen LogP contribution in [0.3, 0.4) is 0 Å². The molecule has 0 amide bonds. The summed E-state index contributed by atoms with van der Waals surface area (Å²) in [6, 6.07) is 11.3. The van der Waals surface area contributed by atoms with E-state index in [1.54, 1.807) is 19.2 Å². The third-order valence-corrected chi connectivity index (χ3v) is 4.09. The van der Waals surface area contributed by atoms with E-state index in [1.165, 1.54) is 11.3 Å². The molecule has 0 fully saturated rings. The predicted octanol–water partition coefficient (Wildman–Crippen LogP) is 3.86. The van der Waals surface area contributed by atoms with E-state index < -0.39 is 5.92 Å². The second kappa shape index (κ2) is 5.89. The lowest BCUT2D eigenvalue weighted by atomic mass is 9.93. The maximum atomic E-state index is 12.5. The van der Waals surface area contributed by atoms with Crippen LogP contribution in [0.25, 0.3) is 0 Å². The van der Waals surface area contributed by atoms with Crippen LogP contribution in [-0.2, 0) is 0 Å². The Morgan fingerprint density at radius 1 is 1.30 bits per heavy atom. The summed E-state index contributed by atoms with van der Waals surface area (Å²) in [5, 5.41) is 9.41. The van der Waals surface area contributed by atoms with E-state index in [-0.39, 0.29) is 5.78 Å². The van der Waals surface area contributed by atoms with Gasteiger partial charge in [-0.05, 0) is 32.0 Å². The van der Waals surface area contributed by atoms with Crippen molar-refractivity contribution in [2.24, 2.45) is 0 Å². The summed E-state index contributed by atoms with van der Waals surface area (Å²) < 4.78 is 5.27. The topological polar surface area (TPSA) is 50.1 Å². The van der Waals surface area contributed by atoms with Crippen molar-refractivity contribution in [2.45, 2.75) is 19.8 Å². The first-order valence-corrected chi connectivity index (χ1v) is 7.03. The highest BCUT2D eigenvalue weighted by atomic mass is 32.1. The van der Waals surface area contributed by atoms with Crippen molar-refractivity contribution < 1.29 is 9.53 Å². The van der Waals surface area contributed by atoms with Gasteiger partial charge < -0.3 is 4.74 Å². The number of carbonyl (C=O) groups is 1. The molecule has 0 bridgehead atoms. The van der Waals surface area contributed by atoms with Crippen LogP contribution in [0.2, 0.25) is 0 Å². The number of nitriles is 1. The number of ketones is 1. The van der Waals surface area contributed by atoms with Crippen LogP contribution in [0.15, 0.2) is 30.3 Å². The quantitative estimate of drug-likeness (QED) is 0.801. The molecule has 102 valence electrons. The summed E-state index contributed by atoms with van der Waals surface area (Å²) in [6.07, 6.45) is 0. The van der Waals surface area contributed by atoms with Gasteiger partial charge in [0.2, 0.25) is 0 Å². The first-order valence-electron chi connectivity index (χ1n) is 6.21. The van der Waals surface area contributed by atoms with Gasteiger partial charge in [-0.15, -0.1) is 11.3 Å². The number of hydrogen-bond acceptors (Lipinski definition) is 4. The van der Waals surface area contributed by atoms with Gasteiger partial charge in [0, 0.05) is 10.4 Å². The molecule has 0 saturated carbocycles. The molecular weight excluding hydrogens is 270 g/mol. The van der Waals surface area contributed by atoms with Gasteiger partial charge in [0.15, 0.2) is 5.78 Å². The molecule has 0 saturated heterocycles. The number of hydrogen-bond donors (Lipinski definition) is 0. The summed E-state index contributed by atoms with van der Waals surface area (Å²) in [7, 11) is 1.54. The zero-order valence-corrected chi connectivity index (χ0v) is 12.5. The predicted molar refractivity (Wildman–Crippen MR) is 79.5 cm³/mol. The summed E-state index contributed by atoms with van der Waals surface area (Å²) in [4.78, 5) is 14.2. The average Bonchev–Trinajstić information content (AvgIpc) is 2.86. The van der Waals surface area contributed by atoms with Crippen molar-refractivity contribution in [3.05, 3.63) is 51.2 Å². The fourth-order valence-corrected chi connectivity index (χ4v) is 2.90. The Hall–Kier alpha value is -2.12. The maximum absolute atomic E-state index is 12.5. The highest BCUT2D eigenvalue weighted by Crippen LogP contribution is 2.31. The van der Waals surface area contributed by atoms with Crippen LogP contribution in [0, 0.1) is 25.2 Å². The van der Waals surface area contributed by atoms with Crippen LogP contribution in [0.1, 0.15) is 31.6 Å². The highest BCUT2D eigenvalue weighted by Gasteiger charge is 2.26. The first kappa shape index (κ1) is 14.3. The SMILES string of the molecule is COc1ccc(C)cc1C(C#N)C(=O)c1ccc(C)s1. The molecule has 1 heterocycles. The molecule has 0 radical (unpaired) electrons. The Balaban J connectivity index is 2.45. The Bertz CT molecular complexity index is 682. The third-order valence-electron chi connectivity index (χ3n) is 3.07. The molecule has 2 rings (SSSR count). The largest absolute Gasteiger partial charge is 0.496 e. The fourth-order valence-electron chi connectivity index (χ4n) is 2.06. The second-order valence-electron chi connectivity index (χ2n) is 4.58. The molecule has 4 heteroatoms. The van der Waals surface area contributed by atoms with E-state index in [9.17, 15) is 10.1 Å². The van der Waals surface area contributed by atoms with Gasteiger partial charge in [-0.25, -0.2) is 0 Å². The minimum atomic E-state index is -0.831. The number of aryl methyl sites for hydroxylation is 2. The van der Waals surface area contributed by atoms with E-state index in [1.807, 2.05) is 32.0 Å². The summed E-state index contributed by atoms with van der Waals surface area (Å²) in [5.41, 5.74) is 1.63. The summed E-state index contributed by atoms with van der Waals surface area (Å²) >= 11 is 1.41. The molecule has 0 aliphatic heterocycles. The number of thiophene rings is 1. The molecule has 1 atom stereocenters. The van der Waals surface area contributed by atoms with Crippen molar-refractivity contribution in [3.8, 4) is 11.8 Å².